The first-order valence-corrected chi connectivity index (χ1v) is 9.75. The molecule has 130 valence electrons. The topological polar surface area (TPSA) is 55.1 Å². The highest BCUT2D eigenvalue weighted by Crippen LogP contribution is 2.32. The van der Waals surface area contributed by atoms with E-state index in [0.717, 1.165) is 15.3 Å². The summed E-state index contributed by atoms with van der Waals surface area (Å²) in [6.45, 7) is 7.62. The van der Waals surface area contributed by atoms with Crippen LogP contribution in [0.5, 0.6) is 0 Å². The van der Waals surface area contributed by atoms with E-state index in [1.165, 1.54) is 23.1 Å². The molecule has 0 unspecified atom stereocenters. The predicted molar refractivity (Wildman–Crippen MR) is 107 cm³/mol. The molecular weight excluding hydrogens is 352 g/mol. The molecule has 0 saturated heterocycles. The zero-order valence-corrected chi connectivity index (χ0v) is 15.9. The molecule has 25 heavy (non-hydrogen) atoms. The summed E-state index contributed by atoms with van der Waals surface area (Å²) in [4.78, 5) is 19.4. The van der Waals surface area contributed by atoms with Crippen LogP contribution >= 0.6 is 23.1 Å². The summed E-state index contributed by atoms with van der Waals surface area (Å²) >= 11 is 2.90. The van der Waals surface area contributed by atoms with Crippen LogP contribution in [0.3, 0.4) is 0 Å². The number of benzene rings is 1. The number of thioether (sulfide) groups is 1. The third kappa shape index (κ3) is 4.03. The molecule has 0 aliphatic heterocycles. The monoisotopic (exact) mass is 372 g/mol. The third-order valence-corrected chi connectivity index (χ3v) is 6.04. The van der Waals surface area contributed by atoms with Crippen LogP contribution in [0.1, 0.15) is 13.8 Å². The second-order valence-corrected chi connectivity index (χ2v) is 8.37. The molecule has 0 bridgehead atoms. The SMILES string of the molecule is C=CCn1c(SCC(C)(C)O)nc2sc(-c3ccccc3)cc2c1=O. The van der Waals surface area contributed by atoms with Crippen LogP contribution in [-0.2, 0) is 6.54 Å². The number of aliphatic hydroxyl groups is 1. The van der Waals surface area contributed by atoms with Crippen molar-refractivity contribution in [2.24, 2.45) is 0 Å². The van der Waals surface area contributed by atoms with Gasteiger partial charge in [0.2, 0.25) is 0 Å². The lowest BCUT2D eigenvalue weighted by Gasteiger charge is -2.17. The first kappa shape index (κ1) is 17.9. The lowest BCUT2D eigenvalue weighted by molar-refractivity contribution is 0.107. The second-order valence-electron chi connectivity index (χ2n) is 6.40. The Kier molecular flexibility index (Phi) is 5.13. The van der Waals surface area contributed by atoms with E-state index in [9.17, 15) is 9.90 Å². The van der Waals surface area contributed by atoms with E-state index in [-0.39, 0.29) is 5.56 Å². The van der Waals surface area contributed by atoms with Gasteiger partial charge in [0.05, 0.1) is 11.0 Å². The van der Waals surface area contributed by atoms with Gasteiger partial charge in [-0.1, -0.05) is 48.2 Å². The minimum absolute atomic E-state index is 0.0680. The van der Waals surface area contributed by atoms with Gasteiger partial charge in [0.1, 0.15) is 4.83 Å². The van der Waals surface area contributed by atoms with Gasteiger partial charge < -0.3 is 5.11 Å². The van der Waals surface area contributed by atoms with Crippen LogP contribution < -0.4 is 5.56 Å². The fourth-order valence-corrected chi connectivity index (χ4v) is 4.42. The standard InChI is InChI=1S/C19H20N2O2S2/c1-4-10-21-17(22)14-11-15(13-8-6-5-7-9-13)25-16(14)20-18(21)24-12-19(2,3)23/h4-9,11,23H,1,10,12H2,2-3H3. The fourth-order valence-electron chi connectivity index (χ4n) is 2.38. The van der Waals surface area contributed by atoms with Crippen LogP contribution in [0, 0.1) is 0 Å². The van der Waals surface area contributed by atoms with Crippen LogP contribution in [0.2, 0.25) is 0 Å². The molecule has 6 heteroatoms. The first-order valence-electron chi connectivity index (χ1n) is 7.95. The Morgan fingerprint density at radius 1 is 1.36 bits per heavy atom. The van der Waals surface area contributed by atoms with Gasteiger partial charge in [-0.15, -0.1) is 17.9 Å². The van der Waals surface area contributed by atoms with Crippen LogP contribution in [0.15, 0.2) is 59.0 Å². The quantitative estimate of drug-likeness (QED) is 0.401. The predicted octanol–water partition coefficient (Wildman–Crippen LogP) is 4.17. The van der Waals surface area contributed by atoms with Crippen molar-refractivity contribution in [3.05, 3.63) is 59.4 Å². The molecule has 3 rings (SSSR count). The molecule has 0 saturated carbocycles. The zero-order chi connectivity index (χ0) is 18.0. The number of rotatable bonds is 6. The Bertz CT molecular complexity index is 953. The van der Waals surface area contributed by atoms with Crippen LogP contribution in [0.4, 0.5) is 0 Å². The molecular formula is C19H20N2O2S2. The van der Waals surface area contributed by atoms with Gasteiger partial charge in [-0.25, -0.2) is 4.98 Å². The highest BCUT2D eigenvalue weighted by molar-refractivity contribution is 7.99. The van der Waals surface area contributed by atoms with Crippen molar-refractivity contribution in [3.8, 4) is 10.4 Å². The number of thiophene rings is 1. The summed E-state index contributed by atoms with van der Waals surface area (Å²) < 4.78 is 1.62. The van der Waals surface area contributed by atoms with E-state index in [2.05, 4.69) is 11.6 Å². The Hall–Kier alpha value is -1.89. The molecule has 0 spiro atoms. The average molecular weight is 373 g/mol. The maximum absolute atomic E-state index is 12.9. The highest BCUT2D eigenvalue weighted by Gasteiger charge is 2.18. The molecule has 0 amide bonds. The number of hydrogen-bond acceptors (Lipinski definition) is 5. The van der Waals surface area contributed by atoms with Crippen molar-refractivity contribution in [1.29, 1.82) is 0 Å². The van der Waals surface area contributed by atoms with Crippen molar-refractivity contribution in [2.45, 2.75) is 31.1 Å². The summed E-state index contributed by atoms with van der Waals surface area (Å²) in [5, 5.41) is 11.2. The largest absolute Gasteiger partial charge is 0.390 e. The van der Waals surface area contributed by atoms with Gasteiger partial charge in [0.25, 0.3) is 5.56 Å². The molecule has 2 aromatic heterocycles. The third-order valence-electron chi connectivity index (χ3n) is 3.54. The maximum atomic E-state index is 12.9. The molecule has 0 fully saturated rings. The van der Waals surface area contributed by atoms with Crippen LogP contribution in [-0.4, -0.2) is 26.0 Å². The van der Waals surface area contributed by atoms with Crippen molar-refractivity contribution in [2.75, 3.05) is 5.75 Å². The number of allylic oxidation sites excluding steroid dienone is 1. The summed E-state index contributed by atoms with van der Waals surface area (Å²) in [6.07, 6.45) is 1.69. The molecule has 0 radical (unpaired) electrons. The number of fused-ring (bicyclic) bond motifs is 1. The summed E-state index contributed by atoms with van der Waals surface area (Å²) in [5.41, 5.74) is 0.175. The van der Waals surface area contributed by atoms with Crippen LogP contribution in [0.25, 0.3) is 20.7 Å². The summed E-state index contributed by atoms with van der Waals surface area (Å²) in [5.74, 6) is 0.457. The molecule has 3 aromatic rings. The Balaban J connectivity index is 2.11. The van der Waals surface area contributed by atoms with Crippen molar-refractivity contribution >= 4 is 33.3 Å². The minimum Gasteiger partial charge on any atom is -0.390 e. The van der Waals surface area contributed by atoms with Gasteiger partial charge in [-0.3, -0.25) is 9.36 Å². The van der Waals surface area contributed by atoms with Gasteiger partial charge in [0, 0.05) is 17.2 Å². The molecule has 0 atom stereocenters. The lowest BCUT2D eigenvalue weighted by Crippen LogP contribution is -2.25. The molecule has 4 nitrogen and oxygen atoms in total. The first-order chi connectivity index (χ1) is 11.9. The molecule has 1 aromatic carbocycles. The van der Waals surface area contributed by atoms with Crippen molar-refractivity contribution < 1.29 is 5.11 Å². The Labute approximate surface area is 154 Å². The smallest absolute Gasteiger partial charge is 0.263 e. The van der Waals surface area contributed by atoms with Gasteiger partial charge >= 0.3 is 0 Å². The molecule has 0 aliphatic rings. The van der Waals surface area contributed by atoms with Gasteiger partial charge in [-0.2, -0.15) is 0 Å². The zero-order valence-electron chi connectivity index (χ0n) is 14.2. The van der Waals surface area contributed by atoms with E-state index >= 15 is 0 Å². The van der Waals surface area contributed by atoms with Crippen molar-refractivity contribution in [3.63, 3.8) is 0 Å². The normalized spacial score (nSPS) is 11.8. The fraction of sp³-hybridized carbons (Fsp3) is 0.263. The number of aromatic nitrogens is 2. The van der Waals surface area contributed by atoms with E-state index in [4.69, 9.17) is 0 Å². The second kappa shape index (κ2) is 7.15. The van der Waals surface area contributed by atoms with E-state index in [1.807, 2.05) is 36.4 Å². The average Bonchev–Trinajstić information content (AvgIpc) is 3.00. The van der Waals surface area contributed by atoms with Gasteiger partial charge in [0.15, 0.2) is 5.16 Å². The number of hydrogen-bond donors (Lipinski definition) is 1. The summed E-state index contributed by atoms with van der Waals surface area (Å²) in [7, 11) is 0. The van der Waals surface area contributed by atoms with E-state index in [1.54, 1.807) is 24.5 Å². The Morgan fingerprint density at radius 2 is 2.08 bits per heavy atom. The lowest BCUT2D eigenvalue weighted by atomic mass is 10.2. The Morgan fingerprint density at radius 3 is 2.72 bits per heavy atom. The maximum Gasteiger partial charge on any atom is 0.263 e. The molecule has 0 aliphatic carbocycles. The summed E-state index contributed by atoms with van der Waals surface area (Å²) in [6, 6.07) is 11.9. The van der Waals surface area contributed by atoms with Gasteiger partial charge in [-0.05, 0) is 25.5 Å². The minimum atomic E-state index is -0.832. The van der Waals surface area contributed by atoms with Crippen molar-refractivity contribution in [1.82, 2.24) is 9.55 Å². The number of nitrogens with zero attached hydrogens (tertiary/aromatic N) is 2. The molecule has 2 heterocycles. The van der Waals surface area contributed by atoms with E-state index in [0.29, 0.717) is 22.8 Å². The van der Waals surface area contributed by atoms with E-state index < -0.39 is 5.60 Å². The highest BCUT2D eigenvalue weighted by atomic mass is 32.2. The molecule has 1 N–H and O–H groups in total.